The third-order valence-electron chi connectivity index (χ3n) is 4.73. The van der Waals surface area contributed by atoms with Gasteiger partial charge in [0.15, 0.2) is 16.6 Å². The Labute approximate surface area is 179 Å². The number of aliphatic hydroxyl groups is 1. The van der Waals surface area contributed by atoms with Gasteiger partial charge in [0.05, 0.1) is 22.7 Å². The van der Waals surface area contributed by atoms with Crippen molar-refractivity contribution in [3.8, 4) is 0 Å². The van der Waals surface area contributed by atoms with Gasteiger partial charge in [0.2, 0.25) is 0 Å². The highest BCUT2D eigenvalue weighted by atomic mass is 32.1. The Balaban J connectivity index is 2.12. The molecule has 0 radical (unpaired) electrons. The van der Waals surface area contributed by atoms with E-state index in [2.05, 4.69) is 10.3 Å². The molecule has 3 atom stereocenters. The molecule has 1 heterocycles. The first kappa shape index (κ1) is 23.4. The minimum atomic E-state index is -4.77. The standard InChI is InChI=1S/C20H21F5N2O3S/c1-19(2,3)30-18(29)27-14-10(9-5-4-6-11(21)13(9)22)7-8-12(28)15-16(14)31-17(26-15)20(23,24)25/h4-6,10,12,14,28H,7-8H2,1-3H3,(H,27,29). The maximum atomic E-state index is 14.6. The van der Waals surface area contributed by atoms with Crippen molar-refractivity contribution in [2.24, 2.45) is 0 Å². The summed E-state index contributed by atoms with van der Waals surface area (Å²) in [5.74, 6) is -3.25. The van der Waals surface area contributed by atoms with E-state index in [1.54, 1.807) is 20.8 Å². The number of hydrogen-bond donors (Lipinski definition) is 2. The fourth-order valence-corrected chi connectivity index (χ4v) is 4.60. The van der Waals surface area contributed by atoms with Crippen LogP contribution in [0.5, 0.6) is 0 Å². The lowest BCUT2D eigenvalue weighted by Crippen LogP contribution is -2.37. The van der Waals surface area contributed by atoms with Crippen molar-refractivity contribution in [2.45, 2.75) is 63.5 Å². The Morgan fingerprint density at radius 1 is 1.23 bits per heavy atom. The summed E-state index contributed by atoms with van der Waals surface area (Å²) in [6.07, 6.45) is -7.06. The summed E-state index contributed by atoms with van der Waals surface area (Å²) in [6, 6.07) is 2.28. The van der Waals surface area contributed by atoms with E-state index in [-0.39, 0.29) is 40.3 Å². The fourth-order valence-electron chi connectivity index (χ4n) is 3.49. The maximum absolute atomic E-state index is 14.6. The van der Waals surface area contributed by atoms with Gasteiger partial charge < -0.3 is 15.2 Å². The molecule has 3 unspecified atom stereocenters. The first-order valence-corrected chi connectivity index (χ1v) is 10.3. The number of rotatable bonds is 2. The number of alkyl carbamates (subject to hydrolysis) is 1. The van der Waals surface area contributed by atoms with Crippen LogP contribution < -0.4 is 5.32 Å². The molecule has 2 aromatic rings. The monoisotopic (exact) mass is 464 g/mol. The van der Waals surface area contributed by atoms with Gasteiger partial charge in [-0.2, -0.15) is 13.2 Å². The number of amides is 1. The van der Waals surface area contributed by atoms with E-state index in [1.165, 1.54) is 12.1 Å². The van der Waals surface area contributed by atoms with Crippen molar-refractivity contribution in [3.05, 3.63) is 51.0 Å². The van der Waals surface area contributed by atoms with Crippen molar-refractivity contribution < 1.29 is 36.6 Å². The molecule has 2 N–H and O–H groups in total. The first-order valence-electron chi connectivity index (χ1n) is 9.47. The quantitative estimate of drug-likeness (QED) is 0.447. The molecule has 0 bridgehead atoms. The number of alkyl halides is 3. The van der Waals surface area contributed by atoms with Crippen LogP contribution in [0.2, 0.25) is 0 Å². The van der Waals surface area contributed by atoms with Gasteiger partial charge >= 0.3 is 12.3 Å². The second-order valence-corrected chi connectivity index (χ2v) is 9.26. The van der Waals surface area contributed by atoms with Gasteiger partial charge in [-0.3, -0.25) is 0 Å². The van der Waals surface area contributed by atoms with Crippen molar-refractivity contribution in [1.82, 2.24) is 10.3 Å². The largest absolute Gasteiger partial charge is 0.444 e. The lowest BCUT2D eigenvalue weighted by Gasteiger charge is -2.28. The van der Waals surface area contributed by atoms with Gasteiger partial charge in [-0.25, -0.2) is 18.6 Å². The summed E-state index contributed by atoms with van der Waals surface area (Å²) in [4.78, 5) is 15.9. The van der Waals surface area contributed by atoms with Crippen LogP contribution in [0.25, 0.3) is 0 Å². The highest BCUT2D eigenvalue weighted by molar-refractivity contribution is 7.12. The lowest BCUT2D eigenvalue weighted by atomic mass is 9.87. The summed E-state index contributed by atoms with van der Waals surface area (Å²) in [5, 5.41) is 11.7. The Kier molecular flexibility index (Phi) is 6.30. The molecule has 5 nitrogen and oxygen atoms in total. The van der Waals surface area contributed by atoms with Gasteiger partial charge in [-0.1, -0.05) is 12.1 Å². The van der Waals surface area contributed by atoms with Crippen molar-refractivity contribution in [1.29, 1.82) is 0 Å². The molecule has 0 aliphatic heterocycles. The van der Waals surface area contributed by atoms with E-state index in [1.807, 2.05) is 0 Å². The number of nitrogens with zero attached hydrogens (tertiary/aromatic N) is 1. The molecule has 1 amide bonds. The van der Waals surface area contributed by atoms with Crippen LogP contribution in [-0.4, -0.2) is 21.8 Å². The first-order chi connectivity index (χ1) is 14.3. The summed E-state index contributed by atoms with van der Waals surface area (Å²) in [5.41, 5.74) is -1.26. The average molecular weight is 464 g/mol. The van der Waals surface area contributed by atoms with Crippen LogP contribution in [0, 0.1) is 11.6 Å². The number of nitrogens with one attached hydrogen (secondary N) is 1. The van der Waals surface area contributed by atoms with Crippen LogP contribution in [0.1, 0.15) is 72.8 Å². The SMILES string of the molecule is CC(C)(C)OC(=O)NC1c2sc(C(F)(F)F)nc2C(O)CCC1c1cccc(F)c1F. The van der Waals surface area contributed by atoms with Gasteiger partial charge in [-0.05, 0) is 45.2 Å². The minimum absolute atomic E-state index is 0.0544. The van der Waals surface area contributed by atoms with Crippen LogP contribution in [0.3, 0.4) is 0 Å². The highest BCUT2D eigenvalue weighted by Crippen LogP contribution is 2.48. The summed E-state index contributed by atoms with van der Waals surface area (Å²) in [7, 11) is 0. The zero-order chi connectivity index (χ0) is 23.1. The van der Waals surface area contributed by atoms with Crippen molar-refractivity contribution in [2.75, 3.05) is 0 Å². The van der Waals surface area contributed by atoms with Gasteiger partial charge in [-0.15, -0.1) is 11.3 Å². The van der Waals surface area contributed by atoms with Crippen LogP contribution >= 0.6 is 11.3 Å². The smallest absolute Gasteiger partial charge is 0.443 e. The molecule has 0 fully saturated rings. The summed E-state index contributed by atoms with van der Waals surface area (Å²) >= 11 is 0.253. The summed E-state index contributed by atoms with van der Waals surface area (Å²) in [6.45, 7) is 4.81. The van der Waals surface area contributed by atoms with E-state index in [0.29, 0.717) is 0 Å². The minimum Gasteiger partial charge on any atom is -0.444 e. The third kappa shape index (κ3) is 5.15. The predicted octanol–water partition coefficient (Wildman–Crippen LogP) is 5.62. The molecule has 0 saturated carbocycles. The molecular weight excluding hydrogens is 443 g/mol. The zero-order valence-corrected chi connectivity index (χ0v) is 17.7. The topological polar surface area (TPSA) is 71.5 Å². The second-order valence-electron chi connectivity index (χ2n) is 8.23. The number of hydrogen-bond acceptors (Lipinski definition) is 5. The maximum Gasteiger partial charge on any atom is 0.443 e. The summed E-state index contributed by atoms with van der Waals surface area (Å²) < 4.78 is 73.6. The molecule has 170 valence electrons. The van der Waals surface area contributed by atoms with Crippen molar-refractivity contribution in [3.63, 3.8) is 0 Å². The number of carbonyl (C=O) groups excluding carboxylic acids is 1. The third-order valence-corrected chi connectivity index (χ3v) is 5.93. The van der Waals surface area contributed by atoms with Gasteiger partial charge in [0.25, 0.3) is 0 Å². The highest BCUT2D eigenvalue weighted by Gasteiger charge is 2.43. The molecule has 0 saturated heterocycles. The van der Waals surface area contributed by atoms with E-state index >= 15 is 0 Å². The number of halogens is 5. The molecule has 1 aromatic heterocycles. The second kappa shape index (κ2) is 8.34. The molecule has 11 heteroatoms. The number of ether oxygens (including phenoxy) is 1. The number of aromatic nitrogens is 1. The van der Waals surface area contributed by atoms with Crippen molar-refractivity contribution >= 4 is 17.4 Å². The predicted molar refractivity (Wildman–Crippen MR) is 103 cm³/mol. The van der Waals surface area contributed by atoms with Crippen LogP contribution in [-0.2, 0) is 10.9 Å². The number of thiazole rings is 1. The molecule has 1 aliphatic rings. The number of carbonyl (C=O) groups is 1. The Hall–Kier alpha value is -2.27. The van der Waals surface area contributed by atoms with Gasteiger partial charge in [0, 0.05) is 5.92 Å². The fraction of sp³-hybridized carbons (Fsp3) is 0.500. The molecule has 3 rings (SSSR count). The molecule has 1 aromatic carbocycles. The van der Waals surface area contributed by atoms with E-state index in [9.17, 15) is 31.9 Å². The molecule has 0 spiro atoms. The Bertz CT molecular complexity index is 971. The normalized spacial score (nSPS) is 21.9. The zero-order valence-electron chi connectivity index (χ0n) is 16.9. The van der Waals surface area contributed by atoms with E-state index in [4.69, 9.17) is 4.74 Å². The van der Waals surface area contributed by atoms with Crippen LogP contribution in [0.4, 0.5) is 26.7 Å². The lowest BCUT2D eigenvalue weighted by molar-refractivity contribution is -0.137. The van der Waals surface area contributed by atoms with Crippen LogP contribution in [0.15, 0.2) is 18.2 Å². The Morgan fingerprint density at radius 3 is 2.52 bits per heavy atom. The number of benzene rings is 1. The average Bonchev–Trinajstić information content (AvgIpc) is 3.03. The van der Waals surface area contributed by atoms with E-state index < -0.39 is 52.6 Å². The Morgan fingerprint density at radius 2 is 1.90 bits per heavy atom. The number of aliphatic hydroxyl groups excluding tert-OH is 1. The van der Waals surface area contributed by atoms with E-state index in [0.717, 1.165) is 6.07 Å². The molecule has 31 heavy (non-hydrogen) atoms. The number of fused-ring (bicyclic) bond motifs is 1. The van der Waals surface area contributed by atoms with Gasteiger partial charge in [0.1, 0.15) is 5.60 Å². The molecule has 1 aliphatic carbocycles. The molecular formula is C20H21F5N2O3S.